The van der Waals surface area contributed by atoms with Crippen molar-refractivity contribution in [3.63, 3.8) is 0 Å². The summed E-state index contributed by atoms with van der Waals surface area (Å²) in [6, 6.07) is 5.02. The molecular formula is C19H22N4O4. The van der Waals surface area contributed by atoms with Gasteiger partial charge in [-0.3, -0.25) is 0 Å². The lowest BCUT2D eigenvalue weighted by molar-refractivity contribution is -0.138. The molecule has 1 atom stereocenters. The van der Waals surface area contributed by atoms with Crippen molar-refractivity contribution >= 4 is 11.9 Å². The third-order valence-corrected chi connectivity index (χ3v) is 4.15. The second kappa shape index (κ2) is 7.94. The van der Waals surface area contributed by atoms with Gasteiger partial charge in [0.1, 0.15) is 19.0 Å². The van der Waals surface area contributed by atoms with Crippen LogP contribution >= 0.6 is 0 Å². The Kier molecular flexibility index (Phi) is 5.44. The fourth-order valence-corrected chi connectivity index (χ4v) is 3.01. The number of aromatic nitrogens is 3. The summed E-state index contributed by atoms with van der Waals surface area (Å²) in [7, 11) is 1.58. The van der Waals surface area contributed by atoms with E-state index in [-0.39, 0.29) is 6.61 Å². The maximum absolute atomic E-state index is 12.7. The minimum atomic E-state index is -0.508. The van der Waals surface area contributed by atoms with Gasteiger partial charge >= 0.3 is 5.97 Å². The average Bonchev–Trinajstić information content (AvgIpc) is 3.13. The van der Waals surface area contributed by atoms with Gasteiger partial charge < -0.3 is 19.5 Å². The van der Waals surface area contributed by atoms with Crippen molar-refractivity contribution in [1.29, 1.82) is 0 Å². The van der Waals surface area contributed by atoms with E-state index in [0.717, 1.165) is 5.56 Å². The van der Waals surface area contributed by atoms with E-state index in [4.69, 9.17) is 14.2 Å². The first-order valence-corrected chi connectivity index (χ1v) is 8.56. The summed E-state index contributed by atoms with van der Waals surface area (Å²) in [6.07, 6.45) is 2.97. The number of benzene rings is 1. The molecule has 2 aromatic rings. The molecule has 2 heterocycles. The maximum atomic E-state index is 12.7. The largest absolute Gasteiger partial charge is 0.493 e. The Bertz CT molecular complexity index is 888. The zero-order valence-corrected chi connectivity index (χ0v) is 15.6. The van der Waals surface area contributed by atoms with Gasteiger partial charge in [0.05, 0.1) is 19.3 Å². The number of carbonyl (C=O) groups excluding carboxylic acids is 1. The SMILES string of the molecule is C=CCOC(=O)C1=C(C)Nc2ncnn2C1c1ccc(OC)c(OCC)c1. The molecule has 1 aliphatic rings. The number of hydrogen-bond donors (Lipinski definition) is 1. The number of rotatable bonds is 7. The van der Waals surface area contributed by atoms with Crippen molar-refractivity contribution in [3.8, 4) is 11.5 Å². The van der Waals surface area contributed by atoms with Gasteiger partial charge in [0, 0.05) is 5.70 Å². The molecule has 1 N–H and O–H groups in total. The fourth-order valence-electron chi connectivity index (χ4n) is 3.01. The Labute approximate surface area is 157 Å². The quantitative estimate of drug-likeness (QED) is 0.592. The Hall–Kier alpha value is -3.29. The first-order valence-electron chi connectivity index (χ1n) is 8.56. The molecule has 0 saturated carbocycles. The minimum absolute atomic E-state index is 0.124. The summed E-state index contributed by atoms with van der Waals surface area (Å²) >= 11 is 0. The van der Waals surface area contributed by atoms with E-state index in [0.29, 0.717) is 35.3 Å². The summed E-state index contributed by atoms with van der Waals surface area (Å²) in [6.45, 7) is 7.91. The Morgan fingerprint density at radius 2 is 2.22 bits per heavy atom. The van der Waals surface area contributed by atoms with Crippen LogP contribution in [0.1, 0.15) is 25.5 Å². The molecule has 142 valence electrons. The molecule has 8 nitrogen and oxygen atoms in total. The van der Waals surface area contributed by atoms with Crippen LogP contribution in [0, 0.1) is 0 Å². The minimum Gasteiger partial charge on any atom is -0.493 e. The van der Waals surface area contributed by atoms with E-state index < -0.39 is 12.0 Å². The van der Waals surface area contributed by atoms with Gasteiger partial charge in [0.25, 0.3) is 0 Å². The summed E-state index contributed by atoms with van der Waals surface area (Å²) in [5, 5.41) is 7.38. The molecule has 1 aliphatic heterocycles. The predicted octanol–water partition coefficient (Wildman–Crippen LogP) is 2.70. The van der Waals surface area contributed by atoms with Gasteiger partial charge in [-0.25, -0.2) is 9.48 Å². The number of nitrogens with one attached hydrogen (secondary N) is 1. The van der Waals surface area contributed by atoms with Crippen molar-refractivity contribution in [3.05, 3.63) is 54.0 Å². The van der Waals surface area contributed by atoms with Crippen LogP contribution in [0.15, 0.2) is 48.5 Å². The number of fused-ring (bicyclic) bond motifs is 1. The number of hydrogen-bond acceptors (Lipinski definition) is 7. The molecule has 0 bridgehead atoms. The van der Waals surface area contributed by atoms with Crippen LogP contribution in [0.2, 0.25) is 0 Å². The van der Waals surface area contributed by atoms with E-state index in [1.54, 1.807) is 17.9 Å². The van der Waals surface area contributed by atoms with Crippen LogP contribution in [0.25, 0.3) is 0 Å². The molecule has 3 rings (SSSR count). The van der Waals surface area contributed by atoms with Crippen LogP contribution < -0.4 is 14.8 Å². The van der Waals surface area contributed by atoms with E-state index in [2.05, 4.69) is 22.0 Å². The summed E-state index contributed by atoms with van der Waals surface area (Å²) < 4.78 is 18.0. The Balaban J connectivity index is 2.11. The highest BCUT2D eigenvalue weighted by Gasteiger charge is 2.34. The monoisotopic (exact) mass is 370 g/mol. The average molecular weight is 370 g/mol. The number of esters is 1. The topological polar surface area (TPSA) is 87.5 Å². The summed E-state index contributed by atoms with van der Waals surface area (Å²) in [5.41, 5.74) is 1.91. The van der Waals surface area contributed by atoms with Crippen LogP contribution in [0.4, 0.5) is 5.95 Å². The van der Waals surface area contributed by atoms with Gasteiger partial charge in [0.15, 0.2) is 11.5 Å². The molecule has 1 unspecified atom stereocenters. The Morgan fingerprint density at radius 3 is 2.93 bits per heavy atom. The zero-order chi connectivity index (χ0) is 19.4. The van der Waals surface area contributed by atoms with Gasteiger partial charge in [-0.1, -0.05) is 18.7 Å². The van der Waals surface area contributed by atoms with Gasteiger partial charge in [-0.05, 0) is 31.5 Å². The summed E-state index contributed by atoms with van der Waals surface area (Å²) in [4.78, 5) is 16.9. The highest BCUT2D eigenvalue weighted by atomic mass is 16.5. The smallest absolute Gasteiger partial charge is 0.338 e. The number of anilines is 1. The van der Waals surface area contributed by atoms with E-state index in [1.165, 1.54) is 12.4 Å². The van der Waals surface area contributed by atoms with Crippen molar-refractivity contribution in [2.45, 2.75) is 19.9 Å². The first kappa shape index (κ1) is 18.5. The van der Waals surface area contributed by atoms with Crippen LogP contribution in [-0.2, 0) is 9.53 Å². The number of carbonyl (C=O) groups is 1. The normalized spacial score (nSPS) is 15.6. The summed E-state index contributed by atoms with van der Waals surface area (Å²) in [5.74, 6) is 1.31. The molecule has 0 amide bonds. The van der Waals surface area contributed by atoms with Gasteiger partial charge in [-0.2, -0.15) is 10.1 Å². The van der Waals surface area contributed by atoms with Crippen LogP contribution in [0.5, 0.6) is 11.5 Å². The number of methoxy groups -OCH3 is 1. The molecule has 0 saturated heterocycles. The highest BCUT2D eigenvalue weighted by molar-refractivity contribution is 5.92. The molecular weight excluding hydrogens is 348 g/mol. The van der Waals surface area contributed by atoms with E-state index in [1.807, 2.05) is 26.0 Å². The van der Waals surface area contributed by atoms with Gasteiger partial charge in [0.2, 0.25) is 5.95 Å². The number of ether oxygens (including phenoxy) is 3. The molecule has 0 radical (unpaired) electrons. The third-order valence-electron chi connectivity index (χ3n) is 4.15. The molecule has 27 heavy (non-hydrogen) atoms. The maximum Gasteiger partial charge on any atom is 0.338 e. The molecule has 0 aliphatic carbocycles. The lowest BCUT2D eigenvalue weighted by Gasteiger charge is -2.28. The second-order valence-electron chi connectivity index (χ2n) is 5.82. The lowest BCUT2D eigenvalue weighted by Crippen LogP contribution is -2.29. The highest BCUT2D eigenvalue weighted by Crippen LogP contribution is 2.38. The van der Waals surface area contributed by atoms with Crippen LogP contribution in [-0.4, -0.2) is 41.1 Å². The first-order chi connectivity index (χ1) is 13.1. The van der Waals surface area contributed by atoms with Gasteiger partial charge in [-0.15, -0.1) is 0 Å². The fraction of sp³-hybridized carbons (Fsp3) is 0.316. The van der Waals surface area contributed by atoms with E-state index in [9.17, 15) is 4.79 Å². The van der Waals surface area contributed by atoms with Crippen molar-refractivity contribution in [2.75, 3.05) is 25.6 Å². The zero-order valence-electron chi connectivity index (χ0n) is 15.6. The Morgan fingerprint density at radius 1 is 1.41 bits per heavy atom. The standard InChI is InChI=1S/C19H22N4O4/c1-5-9-27-18(24)16-12(3)22-19-20-11-21-23(19)17(16)13-7-8-14(25-4)15(10-13)26-6-2/h5,7-8,10-11,17H,1,6,9H2,2-4H3,(H,20,21,22). The van der Waals surface area contributed by atoms with E-state index >= 15 is 0 Å². The third kappa shape index (κ3) is 3.51. The number of allylic oxidation sites excluding steroid dienone is 1. The molecule has 1 aromatic heterocycles. The second-order valence-corrected chi connectivity index (χ2v) is 5.82. The molecule has 8 heteroatoms. The molecule has 1 aromatic carbocycles. The van der Waals surface area contributed by atoms with Crippen molar-refractivity contribution in [1.82, 2.24) is 14.8 Å². The lowest BCUT2D eigenvalue weighted by atomic mass is 9.95. The van der Waals surface area contributed by atoms with Crippen molar-refractivity contribution < 1.29 is 19.0 Å². The van der Waals surface area contributed by atoms with Crippen LogP contribution in [0.3, 0.4) is 0 Å². The predicted molar refractivity (Wildman–Crippen MR) is 99.8 cm³/mol. The molecule has 0 fully saturated rings. The molecule has 0 spiro atoms. The number of nitrogens with zero attached hydrogens (tertiary/aromatic N) is 3. The van der Waals surface area contributed by atoms with Crippen molar-refractivity contribution in [2.24, 2.45) is 0 Å².